The van der Waals surface area contributed by atoms with Crippen LogP contribution in [0.1, 0.15) is 52.8 Å². The van der Waals surface area contributed by atoms with E-state index in [0.717, 1.165) is 106 Å². The number of hydrogen-bond acceptors (Lipinski definition) is 12. The number of carbonyl (C=O) groups is 4. The summed E-state index contributed by atoms with van der Waals surface area (Å²) in [6.07, 6.45) is 6.90. The van der Waals surface area contributed by atoms with E-state index in [1.807, 2.05) is 19.3 Å². The molecular weight excluding hydrogens is 694 g/mol. The summed E-state index contributed by atoms with van der Waals surface area (Å²) in [5, 5.41) is 18.4. The number of carbonyl (C=O) groups excluding carboxylic acids is 4. The van der Waals surface area contributed by atoms with E-state index in [1.165, 1.54) is 7.11 Å². The highest BCUT2D eigenvalue weighted by atomic mass is 16.6. The van der Waals surface area contributed by atoms with E-state index < -0.39 is 34.6 Å². The van der Waals surface area contributed by atoms with Crippen LogP contribution in [-0.2, 0) is 16.6 Å². The second-order valence-electron chi connectivity index (χ2n) is 15.0. The number of rotatable bonds is 9. The molecule has 3 aromatic rings. The Hall–Kier alpha value is -5.35. The van der Waals surface area contributed by atoms with E-state index >= 15 is 0 Å². The van der Waals surface area contributed by atoms with Crippen molar-refractivity contribution < 1.29 is 28.8 Å². The molecule has 284 valence electrons. The van der Waals surface area contributed by atoms with E-state index in [2.05, 4.69) is 30.0 Å². The van der Waals surface area contributed by atoms with Crippen molar-refractivity contribution in [1.82, 2.24) is 29.8 Å². The van der Waals surface area contributed by atoms with Crippen LogP contribution in [0.15, 0.2) is 42.7 Å². The van der Waals surface area contributed by atoms with Crippen molar-refractivity contribution >= 4 is 40.7 Å². The topological polar surface area (TPSA) is 167 Å². The van der Waals surface area contributed by atoms with Gasteiger partial charge in [0.2, 0.25) is 11.8 Å². The van der Waals surface area contributed by atoms with Gasteiger partial charge in [-0.3, -0.25) is 49.1 Å². The molecule has 16 nitrogen and oxygen atoms in total. The number of fused-ring (bicyclic) bond motifs is 1. The lowest BCUT2D eigenvalue weighted by molar-refractivity contribution is -0.385. The van der Waals surface area contributed by atoms with Gasteiger partial charge >= 0.3 is 5.69 Å². The number of nitro benzene ring substituents is 1. The number of nitrogens with one attached hydrogen (secondary N) is 1. The molecule has 2 atom stereocenters. The third kappa shape index (κ3) is 6.68. The molecule has 2 aromatic carbocycles. The van der Waals surface area contributed by atoms with Gasteiger partial charge in [0.25, 0.3) is 11.8 Å². The quantitative estimate of drug-likeness (QED) is 0.194. The van der Waals surface area contributed by atoms with Crippen molar-refractivity contribution in [3.8, 4) is 16.9 Å². The van der Waals surface area contributed by atoms with Gasteiger partial charge in [0.15, 0.2) is 5.75 Å². The monoisotopic (exact) mass is 739 g/mol. The number of methoxy groups -OCH3 is 1. The van der Waals surface area contributed by atoms with Crippen LogP contribution in [0, 0.1) is 16.0 Å². The Balaban J connectivity index is 0.836. The maximum absolute atomic E-state index is 13.4. The standard InChI is InChI=1S/C38H45N9O7/c1-41-23-25(20-39-41)29-18-33(47(52)53)34(54-2)19-32(29)44-11-8-26(9-12-44)43-15-13-42(14-16-43)21-24-7-10-45(22-24)27-3-4-28-30(17-27)38(51)46(37(28)50)31-5-6-35(48)40-36(31)49/h3-4,17-20,23-24,26,31H,5-16,21-22H2,1-2H3,(H,40,48,49). The van der Waals surface area contributed by atoms with Crippen molar-refractivity contribution in [3.05, 3.63) is 64.0 Å². The highest BCUT2D eigenvalue weighted by Crippen LogP contribution is 2.41. The van der Waals surface area contributed by atoms with Crippen LogP contribution in [0.3, 0.4) is 0 Å². The molecule has 1 N–H and O–H groups in total. The van der Waals surface area contributed by atoms with Crippen LogP contribution < -0.4 is 19.9 Å². The van der Waals surface area contributed by atoms with Crippen molar-refractivity contribution in [2.75, 3.05) is 75.8 Å². The van der Waals surface area contributed by atoms with Crippen LogP contribution in [0.5, 0.6) is 5.75 Å². The fourth-order valence-electron chi connectivity index (χ4n) is 8.94. The van der Waals surface area contributed by atoms with E-state index in [0.29, 0.717) is 23.1 Å². The Morgan fingerprint density at radius 2 is 1.63 bits per heavy atom. The highest BCUT2D eigenvalue weighted by molar-refractivity contribution is 6.23. The summed E-state index contributed by atoms with van der Waals surface area (Å²) in [5.74, 6) is -1.22. The SMILES string of the molecule is COc1cc(N2CCC(N3CCN(CC4CCN(c5ccc6c(c5)C(=O)N(C5CCC(=O)NC5=O)C6=O)C4)CC3)CC2)c(-c2cnn(C)c2)cc1[N+](=O)[O-]. The minimum atomic E-state index is -0.971. The van der Waals surface area contributed by atoms with Crippen LogP contribution in [0.25, 0.3) is 11.1 Å². The van der Waals surface area contributed by atoms with E-state index in [9.17, 15) is 29.3 Å². The average molecular weight is 740 g/mol. The van der Waals surface area contributed by atoms with E-state index in [1.54, 1.807) is 35.1 Å². The predicted molar refractivity (Wildman–Crippen MR) is 199 cm³/mol. The van der Waals surface area contributed by atoms with Gasteiger partial charge in [-0.05, 0) is 49.8 Å². The Morgan fingerprint density at radius 3 is 2.31 bits per heavy atom. The van der Waals surface area contributed by atoms with Gasteiger partial charge in [-0.2, -0.15) is 5.10 Å². The maximum atomic E-state index is 13.4. The van der Waals surface area contributed by atoms with Crippen molar-refractivity contribution in [3.63, 3.8) is 0 Å². The molecular formula is C38H45N9O7. The van der Waals surface area contributed by atoms with Crippen LogP contribution in [0.4, 0.5) is 17.1 Å². The second kappa shape index (κ2) is 14.5. The Kier molecular flexibility index (Phi) is 9.56. The average Bonchev–Trinajstić information content (AvgIpc) is 3.89. The number of ether oxygens (including phenoxy) is 1. The fourth-order valence-corrected chi connectivity index (χ4v) is 8.94. The smallest absolute Gasteiger partial charge is 0.311 e. The van der Waals surface area contributed by atoms with E-state index in [4.69, 9.17) is 4.74 Å². The number of piperazine rings is 1. The fraction of sp³-hybridized carbons (Fsp3) is 0.500. The lowest BCUT2D eigenvalue weighted by Crippen LogP contribution is -2.54. The van der Waals surface area contributed by atoms with Gasteiger partial charge in [-0.1, -0.05) is 0 Å². The summed E-state index contributed by atoms with van der Waals surface area (Å²) in [5.41, 5.74) is 3.99. The molecule has 54 heavy (non-hydrogen) atoms. The number of benzene rings is 2. The Bertz CT molecular complexity index is 2000. The number of piperidine rings is 2. The number of aryl methyl sites for hydroxylation is 1. The van der Waals surface area contributed by atoms with Gasteiger partial charge in [0.1, 0.15) is 6.04 Å². The molecule has 4 fully saturated rings. The molecule has 2 unspecified atom stereocenters. The molecule has 6 heterocycles. The summed E-state index contributed by atoms with van der Waals surface area (Å²) >= 11 is 0. The summed E-state index contributed by atoms with van der Waals surface area (Å²) < 4.78 is 7.14. The molecule has 0 saturated carbocycles. The molecule has 8 rings (SSSR count). The summed E-state index contributed by atoms with van der Waals surface area (Å²) in [6.45, 7) is 8.46. The number of amides is 4. The summed E-state index contributed by atoms with van der Waals surface area (Å²) in [7, 11) is 3.30. The minimum Gasteiger partial charge on any atom is -0.490 e. The lowest BCUT2D eigenvalue weighted by Gasteiger charge is -2.44. The first-order chi connectivity index (χ1) is 26.1. The van der Waals surface area contributed by atoms with Gasteiger partial charge < -0.3 is 19.4 Å². The number of hydrogen-bond donors (Lipinski definition) is 1. The first kappa shape index (κ1) is 35.7. The number of anilines is 2. The van der Waals surface area contributed by atoms with Gasteiger partial charge in [-0.25, -0.2) is 0 Å². The lowest BCUT2D eigenvalue weighted by atomic mass is 9.98. The van der Waals surface area contributed by atoms with Gasteiger partial charge in [0, 0.05) is 119 Å². The molecule has 16 heteroatoms. The maximum Gasteiger partial charge on any atom is 0.311 e. The number of imide groups is 2. The van der Waals surface area contributed by atoms with Gasteiger partial charge in [0.05, 0.1) is 29.4 Å². The zero-order valence-electron chi connectivity index (χ0n) is 30.6. The van der Waals surface area contributed by atoms with Crippen LogP contribution in [0.2, 0.25) is 0 Å². The normalized spacial score (nSPS) is 23.0. The van der Waals surface area contributed by atoms with Crippen molar-refractivity contribution in [2.24, 2.45) is 13.0 Å². The molecule has 4 amide bonds. The molecule has 1 aromatic heterocycles. The second-order valence-corrected chi connectivity index (χ2v) is 15.0. The molecule has 0 radical (unpaired) electrons. The van der Waals surface area contributed by atoms with Crippen LogP contribution >= 0.6 is 0 Å². The first-order valence-corrected chi connectivity index (χ1v) is 18.7. The number of nitro groups is 1. The van der Waals surface area contributed by atoms with Gasteiger partial charge in [-0.15, -0.1) is 0 Å². The minimum absolute atomic E-state index is 0.0596. The number of nitrogens with zero attached hydrogens (tertiary/aromatic N) is 8. The van der Waals surface area contributed by atoms with E-state index in [-0.39, 0.29) is 24.3 Å². The first-order valence-electron chi connectivity index (χ1n) is 18.7. The molecule has 0 bridgehead atoms. The zero-order chi connectivity index (χ0) is 37.7. The molecule has 0 spiro atoms. The van der Waals surface area contributed by atoms with Crippen molar-refractivity contribution in [1.29, 1.82) is 0 Å². The predicted octanol–water partition coefficient (Wildman–Crippen LogP) is 2.52. The Morgan fingerprint density at radius 1 is 0.889 bits per heavy atom. The largest absolute Gasteiger partial charge is 0.490 e. The summed E-state index contributed by atoms with van der Waals surface area (Å²) in [6, 6.07) is 8.28. The number of aromatic nitrogens is 2. The summed E-state index contributed by atoms with van der Waals surface area (Å²) in [4.78, 5) is 72.8. The molecule has 5 aliphatic rings. The highest BCUT2D eigenvalue weighted by Gasteiger charge is 2.45. The third-order valence-electron chi connectivity index (χ3n) is 11.8. The molecule has 0 aliphatic carbocycles. The third-order valence-corrected chi connectivity index (χ3v) is 11.8. The Labute approximate surface area is 312 Å². The zero-order valence-corrected chi connectivity index (χ0v) is 30.6. The van der Waals surface area contributed by atoms with Crippen LogP contribution in [-0.4, -0.2) is 131 Å². The molecule has 5 aliphatic heterocycles. The molecule has 4 saturated heterocycles. The van der Waals surface area contributed by atoms with Crippen molar-refractivity contribution in [2.45, 2.75) is 44.2 Å².